The van der Waals surface area contributed by atoms with E-state index in [9.17, 15) is 9.90 Å². The second kappa shape index (κ2) is 4.64. The van der Waals surface area contributed by atoms with Gasteiger partial charge < -0.3 is 9.84 Å². The van der Waals surface area contributed by atoms with Crippen molar-refractivity contribution >= 4 is 22.3 Å². The van der Waals surface area contributed by atoms with Crippen molar-refractivity contribution in [1.82, 2.24) is 9.38 Å². The summed E-state index contributed by atoms with van der Waals surface area (Å²) in [6, 6.07) is 5.78. The summed E-state index contributed by atoms with van der Waals surface area (Å²) < 4.78 is 7.24. The fourth-order valence-corrected chi connectivity index (χ4v) is 2.66. The van der Waals surface area contributed by atoms with Crippen LogP contribution in [0.15, 0.2) is 29.8 Å². The normalized spacial score (nSPS) is 10.9. The molecule has 0 aliphatic carbocycles. The third kappa shape index (κ3) is 2.04. The van der Waals surface area contributed by atoms with E-state index in [4.69, 9.17) is 4.74 Å². The van der Waals surface area contributed by atoms with Crippen LogP contribution in [0.2, 0.25) is 0 Å². The number of fused-ring (bicyclic) bond motifs is 1. The molecule has 0 amide bonds. The number of hydrogen-bond acceptors (Lipinski definition) is 4. The number of aromatic carboxylic acids is 1. The van der Waals surface area contributed by atoms with Crippen LogP contribution in [-0.4, -0.2) is 20.5 Å². The van der Waals surface area contributed by atoms with Gasteiger partial charge in [-0.25, -0.2) is 4.79 Å². The minimum Gasteiger partial charge on any atom is -0.476 e. The molecule has 0 aliphatic rings. The summed E-state index contributed by atoms with van der Waals surface area (Å²) in [7, 11) is 0. The van der Waals surface area contributed by atoms with Crippen LogP contribution < -0.4 is 4.74 Å². The maximum absolute atomic E-state index is 11.4. The average molecular weight is 288 g/mol. The minimum absolute atomic E-state index is 0.0437. The van der Waals surface area contributed by atoms with Gasteiger partial charge in [-0.05, 0) is 31.0 Å². The van der Waals surface area contributed by atoms with Gasteiger partial charge in [0.25, 0.3) is 5.88 Å². The summed E-state index contributed by atoms with van der Waals surface area (Å²) in [4.78, 5) is 16.2. The topological polar surface area (TPSA) is 63.8 Å². The number of thiazole rings is 1. The van der Waals surface area contributed by atoms with E-state index < -0.39 is 5.97 Å². The molecule has 2 aromatic heterocycles. The molecule has 102 valence electrons. The standard InChI is InChI=1S/C14H12N2O3S/c1-8-3-4-9(2)10(7-8)19-12-11(13(17)18)16-5-6-20-14(16)15-12/h3-7H,1-2H3,(H,17,18). The number of rotatable bonds is 3. The third-order valence-corrected chi connectivity index (χ3v) is 3.74. The van der Waals surface area contributed by atoms with Crippen molar-refractivity contribution < 1.29 is 14.6 Å². The Hall–Kier alpha value is -2.34. The van der Waals surface area contributed by atoms with Crippen molar-refractivity contribution in [2.45, 2.75) is 13.8 Å². The summed E-state index contributed by atoms with van der Waals surface area (Å²) in [5.74, 6) is -0.312. The number of imidazole rings is 1. The Morgan fingerprint density at radius 3 is 2.95 bits per heavy atom. The van der Waals surface area contributed by atoms with Gasteiger partial charge in [0.2, 0.25) is 0 Å². The second-order valence-corrected chi connectivity index (χ2v) is 5.37. The zero-order valence-electron chi connectivity index (χ0n) is 11.0. The Labute approximate surface area is 119 Å². The SMILES string of the molecule is Cc1ccc(C)c(Oc2nc3sccn3c2C(=O)O)c1. The first-order valence-electron chi connectivity index (χ1n) is 6.00. The van der Waals surface area contributed by atoms with Gasteiger partial charge in [-0.15, -0.1) is 11.3 Å². The van der Waals surface area contributed by atoms with Crippen LogP contribution >= 0.6 is 11.3 Å². The molecule has 3 aromatic rings. The number of aromatic nitrogens is 2. The van der Waals surface area contributed by atoms with E-state index >= 15 is 0 Å². The molecule has 6 heteroatoms. The number of ether oxygens (including phenoxy) is 1. The first-order valence-corrected chi connectivity index (χ1v) is 6.88. The molecule has 0 bridgehead atoms. The highest BCUT2D eigenvalue weighted by atomic mass is 32.1. The molecule has 2 heterocycles. The Morgan fingerprint density at radius 1 is 1.40 bits per heavy atom. The summed E-state index contributed by atoms with van der Waals surface area (Å²) in [6.07, 6.45) is 1.67. The first-order chi connectivity index (χ1) is 9.56. The smallest absolute Gasteiger partial charge is 0.358 e. The Bertz CT molecular complexity index is 804. The maximum atomic E-state index is 11.4. The summed E-state index contributed by atoms with van der Waals surface area (Å²) in [5.41, 5.74) is 2.02. The number of nitrogens with zero attached hydrogens (tertiary/aromatic N) is 2. The van der Waals surface area contributed by atoms with Crippen molar-refractivity contribution in [3.63, 3.8) is 0 Å². The third-order valence-electron chi connectivity index (χ3n) is 2.98. The Morgan fingerprint density at radius 2 is 2.20 bits per heavy atom. The van der Waals surface area contributed by atoms with Crippen molar-refractivity contribution in [3.8, 4) is 11.6 Å². The molecule has 1 N–H and O–H groups in total. The van der Waals surface area contributed by atoms with E-state index in [2.05, 4.69) is 4.98 Å². The van der Waals surface area contributed by atoms with Crippen LogP contribution in [0.25, 0.3) is 4.96 Å². The van der Waals surface area contributed by atoms with Gasteiger partial charge in [-0.3, -0.25) is 4.40 Å². The van der Waals surface area contributed by atoms with Crippen molar-refractivity contribution in [3.05, 3.63) is 46.6 Å². The minimum atomic E-state index is -1.06. The monoisotopic (exact) mass is 288 g/mol. The van der Waals surface area contributed by atoms with Crippen LogP contribution in [0.1, 0.15) is 21.6 Å². The molecule has 0 atom stereocenters. The first kappa shape index (κ1) is 12.7. The van der Waals surface area contributed by atoms with Crippen LogP contribution in [0.5, 0.6) is 11.6 Å². The van der Waals surface area contributed by atoms with Gasteiger partial charge in [0, 0.05) is 11.6 Å². The van der Waals surface area contributed by atoms with E-state index in [1.807, 2.05) is 32.0 Å². The van der Waals surface area contributed by atoms with Crippen LogP contribution in [-0.2, 0) is 0 Å². The molecule has 0 unspecified atom stereocenters. The number of carbonyl (C=O) groups is 1. The van der Waals surface area contributed by atoms with Crippen LogP contribution in [0, 0.1) is 13.8 Å². The van der Waals surface area contributed by atoms with E-state index in [1.54, 1.807) is 11.6 Å². The van der Waals surface area contributed by atoms with E-state index in [0.29, 0.717) is 10.7 Å². The fraction of sp³-hybridized carbons (Fsp3) is 0.143. The quantitative estimate of drug-likeness (QED) is 0.801. The van der Waals surface area contributed by atoms with Crippen LogP contribution in [0.3, 0.4) is 0 Å². The molecule has 0 fully saturated rings. The highest BCUT2D eigenvalue weighted by Gasteiger charge is 2.21. The Balaban J connectivity index is 2.10. The Kier molecular flexibility index (Phi) is 2.94. The van der Waals surface area contributed by atoms with Crippen molar-refractivity contribution in [2.24, 2.45) is 0 Å². The van der Waals surface area contributed by atoms with E-state index in [1.165, 1.54) is 15.7 Å². The predicted molar refractivity (Wildman–Crippen MR) is 76.0 cm³/mol. The molecule has 0 radical (unpaired) electrons. The fourth-order valence-electron chi connectivity index (χ4n) is 1.95. The highest BCUT2D eigenvalue weighted by Crippen LogP contribution is 2.30. The molecular formula is C14H12N2O3S. The van der Waals surface area contributed by atoms with Gasteiger partial charge in [-0.2, -0.15) is 4.98 Å². The molecule has 0 saturated carbocycles. The van der Waals surface area contributed by atoms with Gasteiger partial charge in [0.05, 0.1) is 0 Å². The summed E-state index contributed by atoms with van der Waals surface area (Å²) in [5, 5.41) is 11.1. The lowest BCUT2D eigenvalue weighted by Gasteiger charge is -2.07. The molecule has 3 rings (SSSR count). The van der Waals surface area contributed by atoms with Crippen LogP contribution in [0.4, 0.5) is 0 Å². The zero-order chi connectivity index (χ0) is 14.3. The van der Waals surface area contributed by atoms with Gasteiger partial charge in [-0.1, -0.05) is 12.1 Å². The highest BCUT2D eigenvalue weighted by molar-refractivity contribution is 7.15. The molecule has 1 aromatic carbocycles. The van der Waals surface area contributed by atoms with Gasteiger partial charge >= 0.3 is 5.97 Å². The molecule has 0 saturated heterocycles. The summed E-state index contributed by atoms with van der Waals surface area (Å²) in [6.45, 7) is 3.86. The lowest BCUT2D eigenvalue weighted by molar-refractivity contribution is 0.0686. The lowest BCUT2D eigenvalue weighted by Crippen LogP contribution is -2.03. The molecular weight excluding hydrogens is 276 g/mol. The second-order valence-electron chi connectivity index (χ2n) is 4.50. The number of carboxylic acid groups (broad SMARTS) is 1. The average Bonchev–Trinajstić information content (AvgIpc) is 2.93. The molecule has 5 nitrogen and oxygen atoms in total. The predicted octanol–water partition coefficient (Wildman–Crippen LogP) is 3.50. The number of hydrogen-bond donors (Lipinski definition) is 1. The van der Waals surface area contributed by atoms with Gasteiger partial charge in [0.15, 0.2) is 10.7 Å². The van der Waals surface area contributed by atoms with E-state index in [0.717, 1.165) is 11.1 Å². The largest absolute Gasteiger partial charge is 0.476 e. The number of aryl methyl sites for hydroxylation is 2. The van der Waals surface area contributed by atoms with Crippen molar-refractivity contribution in [2.75, 3.05) is 0 Å². The molecule has 20 heavy (non-hydrogen) atoms. The maximum Gasteiger partial charge on any atom is 0.358 e. The van der Waals surface area contributed by atoms with Crippen molar-refractivity contribution in [1.29, 1.82) is 0 Å². The summed E-state index contributed by atoms with van der Waals surface area (Å²) >= 11 is 1.37. The lowest BCUT2D eigenvalue weighted by atomic mass is 10.1. The zero-order valence-corrected chi connectivity index (χ0v) is 11.8. The molecule has 0 aliphatic heterocycles. The van der Waals surface area contributed by atoms with Gasteiger partial charge in [0.1, 0.15) is 5.75 Å². The number of benzene rings is 1. The van der Waals surface area contributed by atoms with E-state index in [-0.39, 0.29) is 11.6 Å². The number of carboxylic acids is 1. The molecule has 0 spiro atoms.